The highest BCUT2D eigenvalue weighted by Gasteiger charge is 2.17. The molecule has 0 aliphatic heterocycles. The fourth-order valence-corrected chi connectivity index (χ4v) is 2.20. The summed E-state index contributed by atoms with van der Waals surface area (Å²) in [5, 5.41) is 11.8. The molecule has 0 bridgehead atoms. The highest BCUT2D eigenvalue weighted by Crippen LogP contribution is 2.30. The second kappa shape index (κ2) is 6.56. The Bertz CT molecular complexity index is 683. The van der Waals surface area contributed by atoms with Crippen LogP contribution in [0.4, 0.5) is 5.69 Å². The Morgan fingerprint density at radius 1 is 1.19 bits per heavy atom. The number of carbonyl (C=O) groups is 1. The van der Waals surface area contributed by atoms with Gasteiger partial charge in [-0.2, -0.15) is 0 Å². The van der Waals surface area contributed by atoms with Gasteiger partial charge in [-0.25, -0.2) is 0 Å². The SMILES string of the molecule is O=Cc1ccc(OCc2c(Cl)cccc2Cl)c([N+](=O)[O-])c1. The molecule has 2 aromatic carbocycles. The lowest BCUT2D eigenvalue weighted by molar-refractivity contribution is -0.386. The first kappa shape index (κ1) is 15.3. The van der Waals surface area contributed by atoms with Gasteiger partial charge in [0.05, 0.1) is 4.92 Å². The largest absolute Gasteiger partial charge is 0.482 e. The molecule has 108 valence electrons. The zero-order valence-electron chi connectivity index (χ0n) is 10.6. The van der Waals surface area contributed by atoms with Crippen LogP contribution < -0.4 is 4.74 Å². The number of halogens is 2. The zero-order valence-corrected chi connectivity index (χ0v) is 12.1. The summed E-state index contributed by atoms with van der Waals surface area (Å²) in [7, 11) is 0. The number of benzene rings is 2. The number of hydrogen-bond donors (Lipinski definition) is 0. The van der Waals surface area contributed by atoms with Crippen molar-refractivity contribution in [1.29, 1.82) is 0 Å². The van der Waals surface area contributed by atoms with Crippen molar-refractivity contribution in [1.82, 2.24) is 0 Å². The molecule has 0 fully saturated rings. The van der Waals surface area contributed by atoms with Gasteiger partial charge < -0.3 is 4.74 Å². The predicted molar refractivity (Wildman–Crippen MR) is 79.3 cm³/mol. The molecule has 0 atom stereocenters. The maximum atomic E-state index is 11.0. The molecule has 21 heavy (non-hydrogen) atoms. The second-order valence-corrected chi connectivity index (χ2v) is 4.91. The Kier molecular flexibility index (Phi) is 4.77. The predicted octanol–water partition coefficient (Wildman–Crippen LogP) is 4.29. The van der Waals surface area contributed by atoms with E-state index in [1.54, 1.807) is 18.2 Å². The molecule has 0 aliphatic carbocycles. The fraction of sp³-hybridized carbons (Fsp3) is 0.0714. The zero-order chi connectivity index (χ0) is 15.4. The van der Waals surface area contributed by atoms with Crippen LogP contribution in [-0.4, -0.2) is 11.2 Å². The molecule has 0 saturated carbocycles. The number of nitrogens with zero attached hydrogens (tertiary/aromatic N) is 1. The number of rotatable bonds is 5. The van der Waals surface area contributed by atoms with Crippen LogP contribution in [0.1, 0.15) is 15.9 Å². The lowest BCUT2D eigenvalue weighted by Gasteiger charge is -2.10. The summed E-state index contributed by atoms with van der Waals surface area (Å²) in [4.78, 5) is 21.0. The lowest BCUT2D eigenvalue weighted by Crippen LogP contribution is -2.01. The quantitative estimate of drug-likeness (QED) is 0.467. The molecule has 0 amide bonds. The van der Waals surface area contributed by atoms with E-state index >= 15 is 0 Å². The van der Waals surface area contributed by atoms with E-state index in [2.05, 4.69) is 0 Å². The Morgan fingerprint density at radius 3 is 2.43 bits per heavy atom. The fourth-order valence-electron chi connectivity index (χ4n) is 1.69. The molecular formula is C14H9Cl2NO4. The van der Waals surface area contributed by atoms with Gasteiger partial charge in [0.25, 0.3) is 0 Å². The molecule has 0 N–H and O–H groups in total. The van der Waals surface area contributed by atoms with Crippen molar-refractivity contribution in [2.45, 2.75) is 6.61 Å². The number of ether oxygens (including phenoxy) is 1. The van der Waals surface area contributed by atoms with Crippen LogP contribution in [0, 0.1) is 10.1 Å². The minimum absolute atomic E-state index is 0.0141. The van der Waals surface area contributed by atoms with Gasteiger partial charge >= 0.3 is 5.69 Å². The Hall–Kier alpha value is -2.11. The summed E-state index contributed by atoms with van der Waals surface area (Å²) >= 11 is 12.0. The number of hydrogen-bond acceptors (Lipinski definition) is 4. The van der Waals surface area contributed by atoms with Gasteiger partial charge in [0.2, 0.25) is 0 Å². The van der Waals surface area contributed by atoms with E-state index in [-0.39, 0.29) is 23.6 Å². The number of aldehydes is 1. The van der Waals surface area contributed by atoms with E-state index in [0.29, 0.717) is 21.9 Å². The van der Waals surface area contributed by atoms with Crippen molar-refractivity contribution in [2.24, 2.45) is 0 Å². The van der Waals surface area contributed by atoms with Gasteiger partial charge in [-0.3, -0.25) is 14.9 Å². The third-order valence-electron chi connectivity index (χ3n) is 2.75. The molecule has 5 nitrogen and oxygen atoms in total. The summed E-state index contributed by atoms with van der Waals surface area (Å²) < 4.78 is 5.42. The van der Waals surface area contributed by atoms with E-state index in [1.165, 1.54) is 12.1 Å². The molecule has 0 saturated heterocycles. The van der Waals surface area contributed by atoms with E-state index in [4.69, 9.17) is 27.9 Å². The van der Waals surface area contributed by atoms with Crippen LogP contribution in [0.15, 0.2) is 36.4 Å². The van der Waals surface area contributed by atoms with E-state index in [0.717, 1.165) is 6.07 Å². The van der Waals surface area contributed by atoms with Crippen LogP contribution in [0.2, 0.25) is 10.0 Å². The van der Waals surface area contributed by atoms with Crippen LogP contribution in [0.5, 0.6) is 5.75 Å². The van der Waals surface area contributed by atoms with Gasteiger partial charge in [-0.1, -0.05) is 29.3 Å². The van der Waals surface area contributed by atoms with E-state index < -0.39 is 4.92 Å². The molecule has 0 spiro atoms. The molecule has 2 rings (SSSR count). The summed E-state index contributed by atoms with van der Waals surface area (Å²) in [5.41, 5.74) is 0.446. The topological polar surface area (TPSA) is 69.4 Å². The van der Waals surface area contributed by atoms with Gasteiger partial charge in [0.15, 0.2) is 5.75 Å². The number of carbonyl (C=O) groups excluding carboxylic acids is 1. The highest BCUT2D eigenvalue weighted by atomic mass is 35.5. The van der Waals surface area contributed by atoms with Crippen molar-refractivity contribution in [2.75, 3.05) is 0 Å². The van der Waals surface area contributed by atoms with Crippen molar-refractivity contribution in [3.05, 3.63) is 67.7 Å². The summed E-state index contributed by atoms with van der Waals surface area (Å²) in [6, 6.07) is 8.94. The third-order valence-corrected chi connectivity index (χ3v) is 3.46. The third kappa shape index (κ3) is 3.51. The van der Waals surface area contributed by atoms with E-state index in [1.807, 2.05) is 0 Å². The molecule has 2 aromatic rings. The minimum atomic E-state index is -0.615. The Labute approximate surface area is 130 Å². The average molecular weight is 326 g/mol. The van der Waals surface area contributed by atoms with Crippen molar-refractivity contribution in [3.8, 4) is 5.75 Å². The molecule has 0 aromatic heterocycles. The number of nitro benzene ring substituents is 1. The second-order valence-electron chi connectivity index (χ2n) is 4.09. The highest BCUT2D eigenvalue weighted by molar-refractivity contribution is 6.35. The first-order valence-corrected chi connectivity index (χ1v) is 6.58. The molecule has 0 heterocycles. The Balaban J connectivity index is 2.28. The van der Waals surface area contributed by atoms with E-state index in [9.17, 15) is 14.9 Å². The lowest BCUT2D eigenvalue weighted by atomic mass is 10.2. The van der Waals surface area contributed by atoms with Crippen LogP contribution in [0.3, 0.4) is 0 Å². The molecule has 0 radical (unpaired) electrons. The minimum Gasteiger partial charge on any atom is -0.482 e. The van der Waals surface area contributed by atoms with Gasteiger partial charge in [0, 0.05) is 27.2 Å². The van der Waals surface area contributed by atoms with Gasteiger partial charge in [0.1, 0.15) is 12.9 Å². The molecule has 0 unspecified atom stereocenters. The summed E-state index contributed by atoms with van der Waals surface area (Å²) in [6.07, 6.45) is 0.529. The van der Waals surface area contributed by atoms with Gasteiger partial charge in [-0.05, 0) is 24.3 Å². The maximum Gasteiger partial charge on any atom is 0.311 e. The maximum absolute atomic E-state index is 11.0. The first-order chi connectivity index (χ1) is 10.0. The smallest absolute Gasteiger partial charge is 0.311 e. The molecular weight excluding hydrogens is 317 g/mol. The average Bonchev–Trinajstić information content (AvgIpc) is 2.46. The molecule has 0 aliphatic rings. The van der Waals surface area contributed by atoms with Crippen LogP contribution in [0.25, 0.3) is 0 Å². The molecule has 7 heteroatoms. The van der Waals surface area contributed by atoms with Crippen LogP contribution >= 0.6 is 23.2 Å². The first-order valence-electron chi connectivity index (χ1n) is 5.82. The van der Waals surface area contributed by atoms with Crippen molar-refractivity contribution >= 4 is 35.2 Å². The van der Waals surface area contributed by atoms with Crippen LogP contribution in [-0.2, 0) is 6.61 Å². The Morgan fingerprint density at radius 2 is 1.86 bits per heavy atom. The summed E-state index contributed by atoms with van der Waals surface area (Å²) in [6.45, 7) is -0.0141. The number of nitro groups is 1. The summed E-state index contributed by atoms with van der Waals surface area (Å²) in [5.74, 6) is 0.0431. The normalized spacial score (nSPS) is 10.2. The van der Waals surface area contributed by atoms with Crippen molar-refractivity contribution in [3.63, 3.8) is 0 Å². The monoisotopic (exact) mass is 325 g/mol. The van der Waals surface area contributed by atoms with Crippen molar-refractivity contribution < 1.29 is 14.5 Å². The van der Waals surface area contributed by atoms with Gasteiger partial charge in [-0.15, -0.1) is 0 Å². The standard InChI is InChI=1S/C14H9Cl2NO4/c15-11-2-1-3-12(16)10(11)8-21-14-5-4-9(7-18)6-13(14)17(19)20/h1-7H,8H2.